The number of rotatable bonds is 11. The standard InChI is InChI=1S/C22H37N3O14/c1-7(20(33)34)23-19(32)8(2)36-18-14(25-10(4)29)21(35)37-12(6-27)17(18)39-22-13(24-9(3)28)16(31)15(30)11(5-26)38-22/h7-8,11-18,21-22,26-27,30-31,35H,5-6H2,1-4H3,(H,23,32)(H,24,28)(H,25,29)(H,33,34). The molecule has 2 heterocycles. The molecule has 2 aliphatic heterocycles. The first-order chi connectivity index (χ1) is 18.2. The van der Waals surface area contributed by atoms with Gasteiger partial charge in [0, 0.05) is 13.8 Å². The van der Waals surface area contributed by atoms with Crippen LogP contribution >= 0.6 is 0 Å². The summed E-state index contributed by atoms with van der Waals surface area (Å²) in [5.41, 5.74) is 0. The van der Waals surface area contributed by atoms with Gasteiger partial charge in [0.2, 0.25) is 17.7 Å². The molecule has 2 rings (SSSR count). The van der Waals surface area contributed by atoms with Gasteiger partial charge in [0.05, 0.1) is 13.2 Å². The quantitative estimate of drug-likeness (QED) is 0.113. The van der Waals surface area contributed by atoms with Crippen LogP contribution in [0.1, 0.15) is 27.7 Å². The van der Waals surface area contributed by atoms with E-state index in [1.54, 1.807) is 0 Å². The molecule has 0 bridgehead atoms. The van der Waals surface area contributed by atoms with Crippen molar-refractivity contribution < 1.29 is 68.8 Å². The number of aliphatic carboxylic acids is 1. The fourth-order valence-electron chi connectivity index (χ4n) is 4.21. The first-order valence-corrected chi connectivity index (χ1v) is 12.2. The van der Waals surface area contributed by atoms with E-state index in [0.717, 1.165) is 13.8 Å². The first kappa shape index (κ1) is 32.7. The summed E-state index contributed by atoms with van der Waals surface area (Å²) in [4.78, 5) is 47.4. The van der Waals surface area contributed by atoms with Gasteiger partial charge in [-0.15, -0.1) is 0 Å². The number of carbonyl (C=O) groups excluding carboxylic acids is 3. The molecule has 9 N–H and O–H groups in total. The number of carboxylic acid groups (broad SMARTS) is 1. The number of hydrogen-bond acceptors (Lipinski definition) is 13. The summed E-state index contributed by atoms with van der Waals surface area (Å²) in [6.07, 6.45) is -13.7. The molecule has 0 spiro atoms. The Labute approximate surface area is 223 Å². The molecule has 17 heteroatoms. The minimum Gasteiger partial charge on any atom is -0.480 e. The van der Waals surface area contributed by atoms with Crippen LogP contribution in [0.15, 0.2) is 0 Å². The van der Waals surface area contributed by atoms with Crippen molar-refractivity contribution in [3.05, 3.63) is 0 Å². The molecule has 39 heavy (non-hydrogen) atoms. The zero-order valence-electron chi connectivity index (χ0n) is 21.8. The van der Waals surface area contributed by atoms with E-state index < -0.39 is 110 Å². The minimum absolute atomic E-state index is 0.637. The van der Waals surface area contributed by atoms with Crippen molar-refractivity contribution in [2.75, 3.05) is 13.2 Å². The van der Waals surface area contributed by atoms with Crippen molar-refractivity contribution in [3.8, 4) is 0 Å². The van der Waals surface area contributed by atoms with Gasteiger partial charge in [0.25, 0.3) is 0 Å². The van der Waals surface area contributed by atoms with Gasteiger partial charge in [-0.1, -0.05) is 0 Å². The van der Waals surface area contributed by atoms with Gasteiger partial charge in [0.15, 0.2) is 12.6 Å². The number of ether oxygens (including phenoxy) is 4. The molecule has 0 aromatic carbocycles. The summed E-state index contributed by atoms with van der Waals surface area (Å²) in [7, 11) is 0. The van der Waals surface area contributed by atoms with E-state index in [4.69, 9.17) is 24.1 Å². The van der Waals surface area contributed by atoms with E-state index in [-0.39, 0.29) is 0 Å². The van der Waals surface area contributed by atoms with Crippen LogP contribution in [-0.2, 0) is 38.1 Å². The van der Waals surface area contributed by atoms with Crippen LogP contribution in [0.4, 0.5) is 0 Å². The Kier molecular flexibility index (Phi) is 12.0. The first-order valence-electron chi connectivity index (χ1n) is 12.2. The zero-order valence-corrected chi connectivity index (χ0v) is 21.8. The molecule has 0 aliphatic carbocycles. The average molecular weight is 568 g/mol. The highest BCUT2D eigenvalue weighted by Gasteiger charge is 2.52. The molecule has 0 saturated carbocycles. The molecule has 224 valence electrons. The van der Waals surface area contributed by atoms with Gasteiger partial charge in [-0.3, -0.25) is 19.2 Å². The second-order valence-corrected chi connectivity index (χ2v) is 9.32. The number of amides is 3. The molecule has 0 aromatic heterocycles. The molecule has 0 radical (unpaired) electrons. The van der Waals surface area contributed by atoms with Gasteiger partial charge >= 0.3 is 5.97 Å². The van der Waals surface area contributed by atoms with Crippen LogP contribution in [0.2, 0.25) is 0 Å². The lowest BCUT2D eigenvalue weighted by Gasteiger charge is -2.48. The Hall–Kier alpha value is -2.48. The van der Waals surface area contributed by atoms with Gasteiger partial charge in [0.1, 0.15) is 60.9 Å². The highest BCUT2D eigenvalue weighted by Crippen LogP contribution is 2.31. The van der Waals surface area contributed by atoms with Crippen LogP contribution in [0, 0.1) is 0 Å². The lowest BCUT2D eigenvalue weighted by molar-refractivity contribution is -0.333. The van der Waals surface area contributed by atoms with Gasteiger partial charge in [-0.25, -0.2) is 0 Å². The Morgan fingerprint density at radius 3 is 1.92 bits per heavy atom. The lowest BCUT2D eigenvalue weighted by atomic mass is 9.94. The maximum Gasteiger partial charge on any atom is 0.325 e. The summed E-state index contributed by atoms with van der Waals surface area (Å²) in [6, 6.07) is -4.07. The van der Waals surface area contributed by atoms with Crippen molar-refractivity contribution in [1.82, 2.24) is 16.0 Å². The molecule has 17 nitrogen and oxygen atoms in total. The third-order valence-electron chi connectivity index (χ3n) is 6.22. The van der Waals surface area contributed by atoms with E-state index >= 15 is 0 Å². The van der Waals surface area contributed by atoms with E-state index in [2.05, 4.69) is 16.0 Å². The maximum absolute atomic E-state index is 12.6. The Morgan fingerprint density at radius 1 is 0.846 bits per heavy atom. The van der Waals surface area contributed by atoms with Crippen molar-refractivity contribution in [2.45, 2.75) is 101 Å². The summed E-state index contributed by atoms with van der Waals surface area (Å²) in [5, 5.41) is 67.0. The Balaban J connectivity index is 2.44. The normalized spacial score (nSPS) is 36.3. The van der Waals surface area contributed by atoms with Crippen molar-refractivity contribution in [2.24, 2.45) is 0 Å². The lowest BCUT2D eigenvalue weighted by Crippen LogP contribution is -2.69. The van der Waals surface area contributed by atoms with Crippen LogP contribution in [-0.4, -0.2) is 141 Å². The third-order valence-corrected chi connectivity index (χ3v) is 6.22. The van der Waals surface area contributed by atoms with Crippen LogP contribution in [0.3, 0.4) is 0 Å². The predicted octanol–water partition coefficient (Wildman–Crippen LogP) is -5.11. The highest BCUT2D eigenvalue weighted by molar-refractivity contribution is 5.85. The number of carboxylic acids is 1. The number of hydrogen-bond donors (Lipinski definition) is 9. The maximum atomic E-state index is 12.6. The summed E-state index contributed by atoms with van der Waals surface area (Å²) >= 11 is 0. The minimum atomic E-state index is -1.76. The Bertz CT molecular complexity index is 877. The number of nitrogens with one attached hydrogen (secondary N) is 3. The van der Waals surface area contributed by atoms with Crippen molar-refractivity contribution >= 4 is 23.7 Å². The second-order valence-electron chi connectivity index (χ2n) is 9.32. The molecule has 2 aliphatic rings. The molecular formula is C22H37N3O14. The van der Waals surface area contributed by atoms with Crippen LogP contribution in [0.25, 0.3) is 0 Å². The number of aliphatic hydroxyl groups is 5. The summed E-state index contributed by atoms with van der Waals surface area (Å²) in [6.45, 7) is 3.21. The van der Waals surface area contributed by atoms with Crippen molar-refractivity contribution in [3.63, 3.8) is 0 Å². The third kappa shape index (κ3) is 8.26. The second kappa shape index (κ2) is 14.2. The SMILES string of the molecule is CC(=O)NC1C(OC2C(CO)OC(O)C(NC(C)=O)C2OC(C)C(=O)NC(C)C(=O)O)OC(CO)C(O)C1O. The van der Waals surface area contributed by atoms with Crippen molar-refractivity contribution in [1.29, 1.82) is 0 Å². The molecule has 0 aromatic rings. The molecule has 12 atom stereocenters. The monoisotopic (exact) mass is 567 g/mol. The molecule has 12 unspecified atom stereocenters. The van der Waals surface area contributed by atoms with E-state index in [9.17, 15) is 44.7 Å². The van der Waals surface area contributed by atoms with E-state index in [1.165, 1.54) is 13.8 Å². The molecule has 2 saturated heterocycles. The predicted molar refractivity (Wildman–Crippen MR) is 125 cm³/mol. The Morgan fingerprint density at radius 2 is 1.41 bits per heavy atom. The zero-order chi connectivity index (χ0) is 29.6. The van der Waals surface area contributed by atoms with Crippen LogP contribution in [0.5, 0.6) is 0 Å². The van der Waals surface area contributed by atoms with Gasteiger partial charge in [-0.05, 0) is 13.8 Å². The van der Waals surface area contributed by atoms with E-state index in [0.29, 0.717) is 0 Å². The topological polar surface area (TPSA) is 263 Å². The molecule has 3 amide bonds. The fraction of sp³-hybridized carbons (Fsp3) is 0.818. The van der Waals surface area contributed by atoms with Gasteiger partial charge < -0.3 is 65.5 Å². The largest absolute Gasteiger partial charge is 0.480 e. The van der Waals surface area contributed by atoms with Gasteiger partial charge in [-0.2, -0.15) is 0 Å². The summed E-state index contributed by atoms with van der Waals surface area (Å²) in [5.74, 6) is -3.46. The molecule has 2 fully saturated rings. The molecular weight excluding hydrogens is 530 g/mol. The number of aliphatic hydroxyl groups excluding tert-OH is 5. The van der Waals surface area contributed by atoms with E-state index in [1.807, 2.05) is 0 Å². The highest BCUT2D eigenvalue weighted by atomic mass is 16.7. The smallest absolute Gasteiger partial charge is 0.325 e. The average Bonchev–Trinajstić information content (AvgIpc) is 2.86. The summed E-state index contributed by atoms with van der Waals surface area (Å²) < 4.78 is 22.7. The van der Waals surface area contributed by atoms with Crippen LogP contribution < -0.4 is 16.0 Å². The fourth-order valence-corrected chi connectivity index (χ4v) is 4.21. The number of carbonyl (C=O) groups is 4.